The summed E-state index contributed by atoms with van der Waals surface area (Å²) in [6, 6.07) is 12.6. The molecular weight excluding hydrogens is 282 g/mol. The van der Waals surface area contributed by atoms with Crippen LogP contribution in [0.25, 0.3) is 0 Å². The summed E-state index contributed by atoms with van der Waals surface area (Å²) in [6.45, 7) is 5.06. The van der Waals surface area contributed by atoms with E-state index in [0.717, 1.165) is 0 Å². The molecule has 0 aliphatic heterocycles. The summed E-state index contributed by atoms with van der Waals surface area (Å²) in [7, 11) is 0. The maximum Gasteiger partial charge on any atom is 0.343 e. The molecule has 2 aromatic rings. The fraction of sp³-hybridized carbons (Fsp3) is 0.0588. The fourth-order valence-corrected chi connectivity index (χ4v) is 1.56. The van der Waals surface area contributed by atoms with E-state index in [-0.39, 0.29) is 0 Å². The van der Waals surface area contributed by atoms with Crippen molar-refractivity contribution >= 4 is 17.6 Å². The van der Waals surface area contributed by atoms with Gasteiger partial charge in [-0.3, -0.25) is 0 Å². The van der Waals surface area contributed by atoms with Gasteiger partial charge < -0.3 is 15.2 Å². The fourth-order valence-electron chi connectivity index (χ4n) is 1.56. The molecule has 0 saturated heterocycles. The number of esters is 2. The minimum atomic E-state index is -0.508. The van der Waals surface area contributed by atoms with Crippen LogP contribution in [0.15, 0.2) is 60.7 Å². The maximum atomic E-state index is 11.9. The van der Waals surface area contributed by atoms with E-state index in [9.17, 15) is 9.59 Å². The van der Waals surface area contributed by atoms with Crippen LogP contribution in [-0.2, 0) is 4.79 Å². The monoisotopic (exact) mass is 297 g/mol. The van der Waals surface area contributed by atoms with Gasteiger partial charge in [0.2, 0.25) is 0 Å². The Labute approximate surface area is 128 Å². The maximum absolute atomic E-state index is 11.9. The van der Waals surface area contributed by atoms with Crippen LogP contribution in [0.4, 0.5) is 5.69 Å². The molecule has 0 saturated carbocycles. The van der Waals surface area contributed by atoms with Crippen LogP contribution in [0.5, 0.6) is 11.5 Å². The molecule has 0 radical (unpaired) electrons. The molecule has 0 spiro atoms. The minimum Gasteiger partial charge on any atom is -0.423 e. The second-order valence-electron chi connectivity index (χ2n) is 4.65. The van der Waals surface area contributed by atoms with Crippen LogP contribution in [0.2, 0.25) is 0 Å². The number of rotatable bonds is 4. The second-order valence-corrected chi connectivity index (χ2v) is 4.65. The van der Waals surface area contributed by atoms with Crippen molar-refractivity contribution < 1.29 is 19.1 Å². The lowest BCUT2D eigenvalue weighted by Gasteiger charge is -2.06. The number of ether oxygens (including phenoxy) is 2. The minimum absolute atomic E-state index is 0.304. The Balaban J connectivity index is 2.02. The number of hydrogen-bond acceptors (Lipinski definition) is 5. The van der Waals surface area contributed by atoms with Gasteiger partial charge in [-0.15, -0.1) is 0 Å². The lowest BCUT2D eigenvalue weighted by atomic mass is 10.2. The summed E-state index contributed by atoms with van der Waals surface area (Å²) in [5, 5.41) is 0. The van der Waals surface area contributed by atoms with Crippen LogP contribution in [0, 0.1) is 0 Å². The molecule has 0 heterocycles. The van der Waals surface area contributed by atoms with E-state index < -0.39 is 11.9 Å². The predicted molar refractivity (Wildman–Crippen MR) is 82.7 cm³/mol. The first-order chi connectivity index (χ1) is 10.5. The Morgan fingerprint density at radius 3 is 1.91 bits per heavy atom. The van der Waals surface area contributed by atoms with Gasteiger partial charge in [-0.25, -0.2) is 9.59 Å². The Hall–Kier alpha value is -3.08. The summed E-state index contributed by atoms with van der Waals surface area (Å²) in [6.07, 6.45) is 0. The van der Waals surface area contributed by atoms with Crippen molar-refractivity contribution in [2.45, 2.75) is 6.92 Å². The third kappa shape index (κ3) is 3.96. The van der Waals surface area contributed by atoms with Crippen LogP contribution in [-0.4, -0.2) is 11.9 Å². The first kappa shape index (κ1) is 15.3. The largest absolute Gasteiger partial charge is 0.423 e. The molecule has 5 nitrogen and oxygen atoms in total. The highest BCUT2D eigenvalue weighted by Crippen LogP contribution is 2.19. The lowest BCUT2D eigenvalue weighted by Crippen LogP contribution is -2.09. The molecule has 0 aromatic heterocycles. The molecule has 0 aliphatic rings. The highest BCUT2D eigenvalue weighted by molar-refractivity contribution is 5.91. The van der Waals surface area contributed by atoms with Gasteiger partial charge >= 0.3 is 11.9 Å². The van der Waals surface area contributed by atoms with Crippen LogP contribution in [0.3, 0.4) is 0 Å². The molecular formula is C17H15NO4. The van der Waals surface area contributed by atoms with Crippen molar-refractivity contribution in [3.05, 3.63) is 66.2 Å². The van der Waals surface area contributed by atoms with E-state index >= 15 is 0 Å². The van der Waals surface area contributed by atoms with Gasteiger partial charge in [0.25, 0.3) is 0 Å². The van der Waals surface area contributed by atoms with Gasteiger partial charge in [-0.05, 0) is 55.5 Å². The number of carbonyl (C=O) groups excluding carboxylic acids is 2. The standard InChI is InChI=1S/C17H15NO4/c1-11(2)16(19)21-14-7-9-15(10-8-14)22-17(20)12-3-5-13(18)6-4-12/h3-10H,1,18H2,2H3. The van der Waals surface area contributed by atoms with Crippen LogP contribution < -0.4 is 15.2 Å². The van der Waals surface area contributed by atoms with Gasteiger partial charge in [-0.1, -0.05) is 6.58 Å². The molecule has 2 N–H and O–H groups in total. The Morgan fingerprint density at radius 2 is 1.41 bits per heavy atom. The smallest absolute Gasteiger partial charge is 0.343 e. The molecule has 22 heavy (non-hydrogen) atoms. The van der Waals surface area contributed by atoms with E-state index in [1.54, 1.807) is 31.2 Å². The van der Waals surface area contributed by atoms with Crippen molar-refractivity contribution in [2.75, 3.05) is 5.73 Å². The third-order valence-electron chi connectivity index (χ3n) is 2.74. The zero-order chi connectivity index (χ0) is 16.1. The average molecular weight is 297 g/mol. The molecule has 0 fully saturated rings. The summed E-state index contributed by atoms with van der Waals surface area (Å²) < 4.78 is 10.3. The molecule has 0 amide bonds. The number of carbonyl (C=O) groups is 2. The molecule has 0 bridgehead atoms. The number of nitrogen functional groups attached to an aromatic ring is 1. The van der Waals surface area contributed by atoms with Gasteiger partial charge in [0.1, 0.15) is 11.5 Å². The van der Waals surface area contributed by atoms with Crippen molar-refractivity contribution in [3.63, 3.8) is 0 Å². The zero-order valence-electron chi connectivity index (χ0n) is 12.0. The number of nitrogens with two attached hydrogens (primary N) is 1. The Morgan fingerprint density at radius 1 is 0.909 bits per heavy atom. The normalized spacial score (nSPS) is 9.86. The number of anilines is 1. The van der Waals surface area contributed by atoms with E-state index in [1.165, 1.54) is 24.3 Å². The second kappa shape index (κ2) is 6.58. The van der Waals surface area contributed by atoms with Crippen molar-refractivity contribution in [3.8, 4) is 11.5 Å². The summed E-state index contributed by atoms with van der Waals surface area (Å²) in [4.78, 5) is 23.3. The molecule has 2 aromatic carbocycles. The van der Waals surface area contributed by atoms with Crippen molar-refractivity contribution in [1.29, 1.82) is 0 Å². The molecule has 0 unspecified atom stereocenters. The highest BCUT2D eigenvalue weighted by atomic mass is 16.5. The van der Waals surface area contributed by atoms with Crippen molar-refractivity contribution in [1.82, 2.24) is 0 Å². The summed E-state index contributed by atoms with van der Waals surface area (Å²) in [5.74, 6) is -0.310. The zero-order valence-corrected chi connectivity index (χ0v) is 12.0. The summed E-state index contributed by atoms with van der Waals surface area (Å²) in [5.41, 5.74) is 6.83. The number of hydrogen-bond donors (Lipinski definition) is 1. The third-order valence-corrected chi connectivity index (χ3v) is 2.74. The van der Waals surface area contributed by atoms with Gasteiger partial charge in [0.15, 0.2) is 0 Å². The van der Waals surface area contributed by atoms with Crippen LogP contribution in [0.1, 0.15) is 17.3 Å². The van der Waals surface area contributed by atoms with E-state index in [2.05, 4.69) is 6.58 Å². The first-order valence-corrected chi connectivity index (χ1v) is 6.51. The topological polar surface area (TPSA) is 78.6 Å². The molecule has 0 atom stereocenters. The quantitative estimate of drug-likeness (QED) is 0.406. The average Bonchev–Trinajstić information content (AvgIpc) is 2.49. The molecule has 2 rings (SSSR count). The van der Waals surface area contributed by atoms with E-state index in [0.29, 0.717) is 28.3 Å². The number of benzene rings is 2. The Bertz CT molecular complexity index is 702. The van der Waals surface area contributed by atoms with Gasteiger partial charge in [-0.2, -0.15) is 0 Å². The van der Waals surface area contributed by atoms with Crippen LogP contribution >= 0.6 is 0 Å². The lowest BCUT2D eigenvalue weighted by molar-refractivity contribution is -0.130. The molecule has 5 heteroatoms. The SMILES string of the molecule is C=C(C)C(=O)Oc1ccc(OC(=O)c2ccc(N)cc2)cc1. The first-order valence-electron chi connectivity index (χ1n) is 6.51. The molecule has 112 valence electrons. The summed E-state index contributed by atoms with van der Waals surface area (Å²) >= 11 is 0. The predicted octanol–water partition coefficient (Wildman–Crippen LogP) is 2.97. The van der Waals surface area contributed by atoms with Gasteiger partial charge in [0, 0.05) is 11.3 Å². The van der Waals surface area contributed by atoms with Crippen molar-refractivity contribution in [2.24, 2.45) is 0 Å². The highest BCUT2D eigenvalue weighted by Gasteiger charge is 2.09. The van der Waals surface area contributed by atoms with E-state index in [1.807, 2.05) is 0 Å². The molecule has 0 aliphatic carbocycles. The van der Waals surface area contributed by atoms with Gasteiger partial charge in [0.05, 0.1) is 5.56 Å². The van der Waals surface area contributed by atoms with E-state index in [4.69, 9.17) is 15.2 Å². The Kier molecular flexibility index (Phi) is 4.58.